The van der Waals surface area contributed by atoms with Crippen LogP contribution in [0.3, 0.4) is 0 Å². The Morgan fingerprint density at radius 1 is 1.12 bits per heavy atom. The molecule has 11 heteroatoms. The Morgan fingerprint density at radius 2 is 2.05 bits per heavy atom. The van der Waals surface area contributed by atoms with Crippen molar-refractivity contribution in [3.05, 3.63) is 84.4 Å². The Balaban J connectivity index is 1.19. The highest BCUT2D eigenvalue weighted by molar-refractivity contribution is 6.32. The number of anilines is 3. The molecule has 42 heavy (non-hydrogen) atoms. The number of likely N-dealkylation sites (tertiary alicyclic amines) is 1. The van der Waals surface area contributed by atoms with E-state index in [4.69, 9.17) is 21.1 Å². The highest BCUT2D eigenvalue weighted by Gasteiger charge is 2.36. The van der Waals surface area contributed by atoms with E-state index in [0.717, 1.165) is 25.3 Å². The second kappa shape index (κ2) is 12.7. The molecule has 2 fully saturated rings. The van der Waals surface area contributed by atoms with Crippen molar-refractivity contribution in [3.8, 4) is 11.5 Å². The Bertz CT molecular complexity index is 1590. The minimum atomic E-state index is -0.335. The number of nitrogens with zero attached hydrogens (tertiary/aromatic N) is 4. The maximum Gasteiger partial charge on any atom is 0.247 e. The number of rotatable bonds is 11. The average molecular weight is 586 g/mol. The normalized spacial score (nSPS) is 18.0. The first-order valence-electron chi connectivity index (χ1n) is 14.0. The number of benzene rings is 2. The molecule has 2 aliphatic heterocycles. The number of nitrogens with one attached hydrogen (secondary N) is 3. The molecule has 0 spiro atoms. The van der Waals surface area contributed by atoms with Crippen LogP contribution in [0.2, 0.25) is 5.02 Å². The highest BCUT2D eigenvalue weighted by Crippen LogP contribution is 2.35. The number of hydrogen-bond donors (Lipinski definition) is 3. The van der Waals surface area contributed by atoms with Crippen LogP contribution in [0.5, 0.6) is 11.5 Å². The van der Waals surface area contributed by atoms with Gasteiger partial charge in [0.2, 0.25) is 5.91 Å². The minimum absolute atomic E-state index is 0.309. The van der Waals surface area contributed by atoms with Gasteiger partial charge in [0.15, 0.2) is 0 Å². The first-order chi connectivity index (χ1) is 20.6. The molecule has 2 aromatic carbocycles. The van der Waals surface area contributed by atoms with Crippen molar-refractivity contribution in [2.24, 2.45) is 0 Å². The lowest BCUT2D eigenvalue weighted by molar-refractivity contribution is -0.111. The third-order valence-corrected chi connectivity index (χ3v) is 7.92. The van der Waals surface area contributed by atoms with Gasteiger partial charge in [-0.05, 0) is 61.9 Å². The summed E-state index contributed by atoms with van der Waals surface area (Å²) in [5.41, 5.74) is 2.71. The minimum Gasteiger partial charge on any atom is -0.490 e. The molecule has 2 aliphatic rings. The van der Waals surface area contributed by atoms with Gasteiger partial charge in [-0.2, -0.15) is 0 Å². The third-order valence-electron chi connectivity index (χ3n) is 7.62. The van der Waals surface area contributed by atoms with Gasteiger partial charge in [-0.1, -0.05) is 24.2 Å². The lowest BCUT2D eigenvalue weighted by Crippen LogP contribution is -2.36. The van der Waals surface area contributed by atoms with Gasteiger partial charge in [-0.15, -0.1) is 0 Å². The number of halogens is 1. The largest absolute Gasteiger partial charge is 0.490 e. The zero-order valence-electron chi connectivity index (χ0n) is 23.1. The van der Waals surface area contributed by atoms with Crippen LogP contribution >= 0.6 is 11.6 Å². The van der Waals surface area contributed by atoms with Gasteiger partial charge < -0.3 is 25.4 Å². The molecular formula is C31H32ClN7O3. The van der Waals surface area contributed by atoms with Crippen molar-refractivity contribution in [2.75, 3.05) is 36.9 Å². The van der Waals surface area contributed by atoms with Crippen molar-refractivity contribution in [3.63, 3.8) is 0 Å². The SMILES string of the molecule is C=CC(=O)Nc1cc2c(Nc3ccc(OCc4ccccn4)c(Cl)c3)ncnc2cc1OCCN1CCC2NCCC21. The maximum absolute atomic E-state index is 12.3. The summed E-state index contributed by atoms with van der Waals surface area (Å²) in [7, 11) is 0. The maximum atomic E-state index is 12.3. The number of fused-ring (bicyclic) bond motifs is 2. The van der Waals surface area contributed by atoms with Crippen LogP contribution in [-0.2, 0) is 11.4 Å². The number of carbonyl (C=O) groups excluding carboxylic acids is 1. The standard InChI is InChI=1S/C31H32ClN7O3/c1-2-30(40)38-26-16-22-25(17-29(26)41-14-13-39-12-9-24-27(39)8-11-34-24)35-19-36-31(22)37-20-6-7-28(23(32)15-20)42-18-21-5-3-4-10-33-21/h2-7,10,15-17,19,24,27,34H,1,8-9,11-14,18H2,(H,38,40)(H,35,36,37). The number of pyridine rings is 1. The summed E-state index contributed by atoms with van der Waals surface area (Å²) < 4.78 is 12.1. The van der Waals surface area contributed by atoms with Crippen molar-refractivity contribution in [2.45, 2.75) is 31.5 Å². The van der Waals surface area contributed by atoms with Crippen molar-refractivity contribution < 1.29 is 14.3 Å². The van der Waals surface area contributed by atoms with Gasteiger partial charge >= 0.3 is 0 Å². The number of aromatic nitrogens is 3. The number of hydrogen-bond acceptors (Lipinski definition) is 9. The summed E-state index contributed by atoms with van der Waals surface area (Å²) in [4.78, 5) is 28.0. The first-order valence-corrected chi connectivity index (χ1v) is 14.4. The predicted molar refractivity (Wildman–Crippen MR) is 164 cm³/mol. The zero-order chi connectivity index (χ0) is 28.9. The molecule has 2 saturated heterocycles. The second-order valence-corrected chi connectivity index (χ2v) is 10.7. The van der Waals surface area contributed by atoms with Gasteiger partial charge in [-0.3, -0.25) is 14.7 Å². The summed E-state index contributed by atoms with van der Waals surface area (Å²) in [5, 5.41) is 10.9. The van der Waals surface area contributed by atoms with Gasteiger partial charge in [0.25, 0.3) is 0 Å². The van der Waals surface area contributed by atoms with Gasteiger partial charge in [0.05, 0.1) is 21.9 Å². The van der Waals surface area contributed by atoms with E-state index in [-0.39, 0.29) is 5.91 Å². The van der Waals surface area contributed by atoms with E-state index in [2.05, 4.69) is 42.4 Å². The number of carbonyl (C=O) groups is 1. The summed E-state index contributed by atoms with van der Waals surface area (Å²) in [6, 6.07) is 15.9. The van der Waals surface area contributed by atoms with Gasteiger partial charge in [0, 0.05) is 48.5 Å². The summed E-state index contributed by atoms with van der Waals surface area (Å²) in [6.45, 7) is 7.34. The highest BCUT2D eigenvalue weighted by atomic mass is 35.5. The lowest BCUT2D eigenvalue weighted by atomic mass is 10.1. The monoisotopic (exact) mass is 585 g/mol. The molecule has 0 saturated carbocycles. The molecular weight excluding hydrogens is 554 g/mol. The first kappa shape index (κ1) is 27.9. The number of ether oxygens (including phenoxy) is 2. The molecule has 2 aromatic heterocycles. The summed E-state index contributed by atoms with van der Waals surface area (Å²) in [5.74, 6) is 1.30. The second-order valence-electron chi connectivity index (χ2n) is 10.3. The van der Waals surface area contributed by atoms with E-state index in [0.29, 0.717) is 69.9 Å². The Labute approximate surface area is 249 Å². The van der Waals surface area contributed by atoms with E-state index in [1.54, 1.807) is 18.3 Å². The van der Waals surface area contributed by atoms with Crippen LogP contribution in [0.25, 0.3) is 10.9 Å². The smallest absolute Gasteiger partial charge is 0.247 e. The molecule has 216 valence electrons. The molecule has 2 unspecified atom stereocenters. The molecule has 10 nitrogen and oxygen atoms in total. The van der Waals surface area contributed by atoms with E-state index in [1.165, 1.54) is 25.2 Å². The van der Waals surface area contributed by atoms with Crippen molar-refractivity contribution in [1.82, 2.24) is 25.2 Å². The van der Waals surface area contributed by atoms with Crippen molar-refractivity contribution in [1.29, 1.82) is 0 Å². The van der Waals surface area contributed by atoms with Crippen LogP contribution in [0.1, 0.15) is 18.5 Å². The molecule has 3 N–H and O–H groups in total. The number of amides is 1. The molecule has 4 heterocycles. The molecule has 0 bridgehead atoms. The predicted octanol–water partition coefficient (Wildman–Crippen LogP) is 4.94. The molecule has 0 radical (unpaired) electrons. The van der Waals surface area contributed by atoms with Crippen LogP contribution in [0.15, 0.2) is 73.7 Å². The Hall–Kier alpha value is -4.25. The van der Waals surface area contributed by atoms with E-state index >= 15 is 0 Å². The fourth-order valence-electron chi connectivity index (χ4n) is 5.56. The topological polar surface area (TPSA) is 114 Å². The van der Waals surface area contributed by atoms with Crippen LogP contribution < -0.4 is 25.4 Å². The van der Waals surface area contributed by atoms with Crippen LogP contribution in [0.4, 0.5) is 17.2 Å². The van der Waals surface area contributed by atoms with E-state index in [1.807, 2.05) is 36.4 Å². The molecule has 2 atom stereocenters. The third kappa shape index (κ3) is 6.30. The fourth-order valence-corrected chi connectivity index (χ4v) is 5.79. The quantitative estimate of drug-likeness (QED) is 0.211. The van der Waals surface area contributed by atoms with Crippen LogP contribution in [-0.4, -0.2) is 64.1 Å². The molecule has 0 aliphatic carbocycles. The Kier molecular flexibility index (Phi) is 8.45. The average Bonchev–Trinajstić information content (AvgIpc) is 3.63. The molecule has 4 aromatic rings. The summed E-state index contributed by atoms with van der Waals surface area (Å²) in [6.07, 6.45) is 6.77. The van der Waals surface area contributed by atoms with E-state index < -0.39 is 0 Å². The van der Waals surface area contributed by atoms with Crippen molar-refractivity contribution >= 4 is 45.6 Å². The zero-order valence-corrected chi connectivity index (χ0v) is 23.8. The van der Waals surface area contributed by atoms with Gasteiger partial charge in [0.1, 0.15) is 36.9 Å². The summed E-state index contributed by atoms with van der Waals surface area (Å²) >= 11 is 6.53. The van der Waals surface area contributed by atoms with E-state index in [9.17, 15) is 4.79 Å². The Morgan fingerprint density at radius 3 is 2.88 bits per heavy atom. The van der Waals surface area contributed by atoms with Crippen LogP contribution in [0, 0.1) is 0 Å². The van der Waals surface area contributed by atoms with Gasteiger partial charge in [-0.25, -0.2) is 9.97 Å². The lowest BCUT2D eigenvalue weighted by Gasteiger charge is -2.23. The fraction of sp³-hybridized carbons (Fsp3) is 0.290. The molecule has 1 amide bonds. The molecule has 6 rings (SSSR count).